The van der Waals surface area contributed by atoms with E-state index in [2.05, 4.69) is 5.32 Å². The molecule has 0 bridgehead atoms. The van der Waals surface area contributed by atoms with Gasteiger partial charge in [-0.1, -0.05) is 19.1 Å². The van der Waals surface area contributed by atoms with Gasteiger partial charge >= 0.3 is 0 Å². The van der Waals surface area contributed by atoms with Gasteiger partial charge < -0.3 is 24.4 Å². The minimum atomic E-state index is -4.36. The van der Waals surface area contributed by atoms with Crippen LogP contribution < -0.4 is 23.8 Å². The van der Waals surface area contributed by atoms with Gasteiger partial charge in [0.2, 0.25) is 11.8 Å². The quantitative estimate of drug-likeness (QED) is 0.367. The number of amides is 2. The number of nitrogens with one attached hydrogen (secondary N) is 1. The number of likely N-dealkylation sites (N-methyl/N-ethyl adjacent to an activating group) is 1. The molecule has 12 heteroatoms. The molecule has 0 saturated heterocycles. The number of halogens is 1. The molecule has 10 nitrogen and oxygen atoms in total. The van der Waals surface area contributed by atoms with Gasteiger partial charge in [0.15, 0.2) is 11.5 Å². The van der Waals surface area contributed by atoms with E-state index in [-0.39, 0.29) is 35.9 Å². The normalized spacial score (nSPS) is 13.2. The fraction of sp³-hybridized carbons (Fsp3) is 0.310. The van der Waals surface area contributed by atoms with Gasteiger partial charge in [0, 0.05) is 19.7 Å². The van der Waals surface area contributed by atoms with Crippen molar-refractivity contribution in [2.24, 2.45) is 0 Å². The zero-order chi connectivity index (χ0) is 29.6. The number of carbonyl (C=O) groups is 2. The van der Waals surface area contributed by atoms with Crippen LogP contribution in [0.4, 0.5) is 10.1 Å². The van der Waals surface area contributed by atoms with Gasteiger partial charge in [-0.25, -0.2) is 12.8 Å². The average molecular weight is 586 g/mol. The lowest BCUT2D eigenvalue weighted by atomic mass is 10.1. The molecule has 3 aromatic carbocycles. The molecule has 41 heavy (non-hydrogen) atoms. The Morgan fingerprint density at radius 3 is 2.27 bits per heavy atom. The minimum Gasteiger partial charge on any atom is -0.497 e. The molecule has 1 atom stereocenters. The number of ether oxygens (including phenoxy) is 3. The largest absolute Gasteiger partial charge is 0.497 e. The second kappa shape index (κ2) is 12.9. The van der Waals surface area contributed by atoms with Gasteiger partial charge in [0.1, 0.15) is 37.4 Å². The summed E-state index contributed by atoms with van der Waals surface area (Å²) >= 11 is 0. The summed E-state index contributed by atoms with van der Waals surface area (Å²) in [4.78, 5) is 28.0. The number of anilines is 1. The summed E-state index contributed by atoms with van der Waals surface area (Å²) < 4.78 is 59.0. The number of fused-ring (bicyclic) bond motifs is 1. The molecule has 1 N–H and O–H groups in total. The zero-order valence-electron chi connectivity index (χ0n) is 23.0. The lowest BCUT2D eigenvalue weighted by Crippen LogP contribution is -2.51. The van der Waals surface area contributed by atoms with E-state index in [4.69, 9.17) is 14.2 Å². The van der Waals surface area contributed by atoms with Crippen molar-refractivity contribution in [1.82, 2.24) is 10.2 Å². The van der Waals surface area contributed by atoms with E-state index in [1.165, 1.54) is 49.4 Å². The van der Waals surface area contributed by atoms with Crippen LogP contribution in [0.2, 0.25) is 0 Å². The second-order valence-electron chi connectivity index (χ2n) is 9.20. The molecule has 3 aromatic rings. The van der Waals surface area contributed by atoms with Crippen LogP contribution in [-0.2, 0) is 26.2 Å². The van der Waals surface area contributed by atoms with Crippen LogP contribution in [0.25, 0.3) is 0 Å². The Kier molecular flexibility index (Phi) is 9.33. The van der Waals surface area contributed by atoms with E-state index in [1.807, 2.05) is 0 Å². The van der Waals surface area contributed by atoms with Crippen LogP contribution in [-0.4, -0.2) is 65.1 Å². The van der Waals surface area contributed by atoms with Crippen LogP contribution >= 0.6 is 0 Å². The highest BCUT2D eigenvalue weighted by atomic mass is 32.2. The summed E-state index contributed by atoms with van der Waals surface area (Å²) in [6, 6.07) is 15.1. The van der Waals surface area contributed by atoms with Crippen molar-refractivity contribution >= 4 is 27.5 Å². The fourth-order valence-electron chi connectivity index (χ4n) is 4.46. The first kappa shape index (κ1) is 29.7. The Bertz CT molecular complexity index is 1480. The molecule has 1 aliphatic rings. The van der Waals surface area contributed by atoms with Crippen molar-refractivity contribution < 1.29 is 36.6 Å². The molecular formula is C29H32FN3O7S. The maximum Gasteiger partial charge on any atom is 0.264 e. The van der Waals surface area contributed by atoms with Gasteiger partial charge in [-0.3, -0.25) is 13.9 Å². The molecular weight excluding hydrogens is 553 g/mol. The van der Waals surface area contributed by atoms with Crippen molar-refractivity contribution in [3.63, 3.8) is 0 Å². The highest BCUT2D eigenvalue weighted by molar-refractivity contribution is 7.92. The van der Waals surface area contributed by atoms with E-state index in [0.717, 1.165) is 16.4 Å². The van der Waals surface area contributed by atoms with Crippen molar-refractivity contribution in [3.8, 4) is 17.2 Å². The lowest BCUT2D eigenvalue weighted by Gasteiger charge is -2.33. The third-order valence-corrected chi connectivity index (χ3v) is 8.41. The van der Waals surface area contributed by atoms with E-state index >= 15 is 0 Å². The predicted molar refractivity (Wildman–Crippen MR) is 150 cm³/mol. The van der Waals surface area contributed by atoms with Crippen molar-refractivity contribution in [2.75, 3.05) is 38.2 Å². The molecule has 218 valence electrons. The number of hydrogen-bond donors (Lipinski definition) is 1. The SMILES string of the molecule is CC[C@H](C(=O)NC)N(Cc1ccc(OC)cc1)C(=O)CN(c1ccc(F)cc1)S(=O)(=O)c1ccc2c(c1)OCCO2. The first-order valence-electron chi connectivity index (χ1n) is 13.0. The fourth-order valence-corrected chi connectivity index (χ4v) is 5.89. The van der Waals surface area contributed by atoms with Crippen molar-refractivity contribution in [2.45, 2.75) is 30.8 Å². The highest BCUT2D eigenvalue weighted by Crippen LogP contribution is 2.34. The number of hydrogen-bond acceptors (Lipinski definition) is 7. The third-order valence-electron chi connectivity index (χ3n) is 6.64. The summed E-state index contributed by atoms with van der Waals surface area (Å²) in [6.45, 7) is 1.75. The van der Waals surface area contributed by atoms with Crippen molar-refractivity contribution in [3.05, 3.63) is 78.1 Å². The van der Waals surface area contributed by atoms with Crippen LogP contribution in [0.5, 0.6) is 17.2 Å². The van der Waals surface area contributed by atoms with Gasteiger partial charge in [-0.15, -0.1) is 0 Å². The molecule has 0 saturated carbocycles. The Labute approximate surface area is 238 Å². The van der Waals surface area contributed by atoms with Crippen LogP contribution in [0.1, 0.15) is 18.9 Å². The monoisotopic (exact) mass is 585 g/mol. The number of nitrogens with zero attached hydrogens (tertiary/aromatic N) is 2. The zero-order valence-corrected chi connectivity index (χ0v) is 23.8. The molecule has 0 aromatic heterocycles. The first-order valence-corrected chi connectivity index (χ1v) is 14.4. The summed E-state index contributed by atoms with van der Waals surface area (Å²) in [7, 11) is -1.35. The number of benzene rings is 3. The van der Waals surface area contributed by atoms with E-state index in [1.54, 1.807) is 31.2 Å². The summed E-state index contributed by atoms with van der Waals surface area (Å²) in [6.07, 6.45) is 0.285. The Balaban J connectivity index is 1.73. The molecule has 0 unspecified atom stereocenters. The molecule has 0 fully saturated rings. The molecule has 4 rings (SSSR count). The molecule has 2 amide bonds. The number of rotatable bonds is 11. The molecule has 1 aliphatic heterocycles. The minimum absolute atomic E-state index is 0.0378. The predicted octanol–water partition coefficient (Wildman–Crippen LogP) is 3.35. The Morgan fingerprint density at radius 1 is 1.00 bits per heavy atom. The van der Waals surface area contributed by atoms with Crippen LogP contribution in [0.3, 0.4) is 0 Å². The molecule has 0 aliphatic carbocycles. The van der Waals surface area contributed by atoms with Gasteiger partial charge in [0.25, 0.3) is 10.0 Å². The number of sulfonamides is 1. The maximum atomic E-state index is 14.0. The number of carbonyl (C=O) groups excluding carboxylic acids is 2. The number of methoxy groups -OCH3 is 1. The third kappa shape index (κ3) is 6.71. The lowest BCUT2D eigenvalue weighted by molar-refractivity contribution is -0.140. The van der Waals surface area contributed by atoms with E-state index < -0.39 is 40.2 Å². The highest BCUT2D eigenvalue weighted by Gasteiger charge is 2.34. The first-order chi connectivity index (χ1) is 19.7. The van der Waals surface area contributed by atoms with E-state index in [0.29, 0.717) is 23.7 Å². The van der Waals surface area contributed by atoms with Crippen molar-refractivity contribution in [1.29, 1.82) is 0 Å². The standard InChI is InChI=1S/C29H32FN3O7S/c1-4-25(29(35)31-2)32(18-20-5-11-23(38-3)12-6-20)28(34)19-33(22-9-7-21(30)8-10-22)41(36,37)24-13-14-26-27(17-24)40-16-15-39-26/h5-14,17,25H,4,15-16,18-19H2,1-3H3,(H,31,35)/t25-/m1/s1. The van der Waals surface area contributed by atoms with Gasteiger partial charge in [0.05, 0.1) is 17.7 Å². The summed E-state index contributed by atoms with van der Waals surface area (Å²) in [5.41, 5.74) is 0.788. The second-order valence-corrected chi connectivity index (χ2v) is 11.1. The van der Waals surface area contributed by atoms with Gasteiger partial charge in [-0.2, -0.15) is 0 Å². The molecule has 0 spiro atoms. The smallest absolute Gasteiger partial charge is 0.264 e. The van der Waals surface area contributed by atoms with Gasteiger partial charge in [-0.05, 0) is 60.5 Å². The van der Waals surface area contributed by atoms with E-state index in [9.17, 15) is 22.4 Å². The molecule has 1 heterocycles. The summed E-state index contributed by atoms with van der Waals surface area (Å²) in [5, 5.41) is 2.58. The maximum absolute atomic E-state index is 14.0. The van der Waals surface area contributed by atoms with Crippen LogP contribution in [0, 0.1) is 5.82 Å². The molecule has 0 radical (unpaired) electrons. The Morgan fingerprint density at radius 2 is 1.66 bits per heavy atom. The Hall–Kier alpha value is -4.32. The topological polar surface area (TPSA) is 114 Å². The van der Waals surface area contributed by atoms with Crippen LogP contribution in [0.15, 0.2) is 71.6 Å². The average Bonchev–Trinajstić information content (AvgIpc) is 3.00. The summed E-state index contributed by atoms with van der Waals surface area (Å²) in [5.74, 6) is -0.295.